The van der Waals surface area contributed by atoms with Crippen molar-refractivity contribution in [2.75, 3.05) is 26.7 Å². The molecule has 1 aromatic carbocycles. The Morgan fingerprint density at radius 3 is 2.64 bits per heavy atom. The Morgan fingerprint density at radius 2 is 2.00 bits per heavy atom. The van der Waals surface area contributed by atoms with Crippen molar-refractivity contribution in [2.24, 2.45) is 5.41 Å². The number of hydrogen-bond acceptors (Lipinski definition) is 4. The van der Waals surface area contributed by atoms with Gasteiger partial charge >= 0.3 is 0 Å². The summed E-state index contributed by atoms with van der Waals surface area (Å²) in [6, 6.07) is 11.7. The molecule has 2 amide bonds. The van der Waals surface area contributed by atoms with Crippen molar-refractivity contribution in [1.29, 1.82) is 0 Å². The van der Waals surface area contributed by atoms with Crippen molar-refractivity contribution in [3.8, 4) is 0 Å². The van der Waals surface area contributed by atoms with Crippen molar-refractivity contribution in [3.05, 3.63) is 59.9 Å². The summed E-state index contributed by atoms with van der Waals surface area (Å²) in [7, 11) is 1.84. The van der Waals surface area contributed by atoms with E-state index in [0.717, 1.165) is 18.5 Å². The zero-order valence-electron chi connectivity index (χ0n) is 14.1. The number of amides is 2. The lowest BCUT2D eigenvalue weighted by molar-refractivity contribution is -0.134. The SMILES string of the molecule is CN1CC[C@@]2(CN(C(=O)c3ccnnc3)C[C@@H]2c2ccccc2)C1=O. The number of aromatic nitrogens is 2. The Hall–Kier alpha value is -2.76. The number of nitrogens with zero attached hydrogens (tertiary/aromatic N) is 4. The third kappa shape index (κ3) is 2.49. The number of rotatable bonds is 2. The minimum absolute atomic E-state index is 0.0184. The average Bonchev–Trinajstić information content (AvgIpc) is 3.19. The highest BCUT2D eigenvalue weighted by atomic mass is 16.2. The summed E-state index contributed by atoms with van der Waals surface area (Å²) in [5.74, 6) is 0.0736. The first-order valence-corrected chi connectivity index (χ1v) is 8.48. The van der Waals surface area contributed by atoms with Crippen LogP contribution < -0.4 is 0 Å². The van der Waals surface area contributed by atoms with Gasteiger partial charge in [-0.3, -0.25) is 9.59 Å². The molecule has 2 aliphatic rings. The van der Waals surface area contributed by atoms with Crippen LogP contribution in [0.5, 0.6) is 0 Å². The minimum Gasteiger partial charge on any atom is -0.345 e. The lowest BCUT2D eigenvalue weighted by Gasteiger charge is -2.28. The molecule has 0 bridgehead atoms. The molecule has 6 nitrogen and oxygen atoms in total. The molecule has 3 heterocycles. The van der Waals surface area contributed by atoms with Crippen LogP contribution in [-0.4, -0.2) is 58.5 Å². The highest BCUT2D eigenvalue weighted by Gasteiger charge is 2.57. The summed E-state index contributed by atoms with van der Waals surface area (Å²) in [6.07, 6.45) is 3.77. The first kappa shape index (κ1) is 15.7. The van der Waals surface area contributed by atoms with Gasteiger partial charge in [-0.2, -0.15) is 10.2 Å². The van der Waals surface area contributed by atoms with Gasteiger partial charge in [-0.1, -0.05) is 30.3 Å². The fourth-order valence-electron chi connectivity index (χ4n) is 4.20. The summed E-state index contributed by atoms with van der Waals surface area (Å²) in [5.41, 5.74) is 1.11. The molecule has 4 rings (SSSR count). The first-order chi connectivity index (χ1) is 12.1. The molecular weight excluding hydrogens is 316 g/mol. The normalized spacial score (nSPS) is 25.8. The summed E-state index contributed by atoms with van der Waals surface area (Å²) in [5, 5.41) is 7.53. The maximum absolute atomic E-state index is 13.0. The fraction of sp³-hybridized carbons (Fsp3) is 0.368. The molecule has 2 fully saturated rings. The van der Waals surface area contributed by atoms with Crippen LogP contribution in [-0.2, 0) is 4.79 Å². The predicted octanol–water partition coefficient (Wildman–Crippen LogP) is 1.56. The maximum Gasteiger partial charge on any atom is 0.255 e. The highest BCUT2D eigenvalue weighted by molar-refractivity contribution is 5.95. The van der Waals surface area contributed by atoms with Crippen LogP contribution in [0.3, 0.4) is 0 Å². The van der Waals surface area contributed by atoms with Crippen LogP contribution in [0, 0.1) is 5.41 Å². The van der Waals surface area contributed by atoms with Gasteiger partial charge in [-0.15, -0.1) is 0 Å². The Bertz CT molecular complexity index is 796. The molecule has 0 saturated carbocycles. The molecule has 0 aliphatic carbocycles. The van der Waals surface area contributed by atoms with E-state index in [1.54, 1.807) is 15.9 Å². The lowest BCUT2D eigenvalue weighted by atomic mass is 9.73. The number of benzene rings is 1. The van der Waals surface area contributed by atoms with E-state index in [-0.39, 0.29) is 17.7 Å². The third-order valence-corrected chi connectivity index (χ3v) is 5.53. The molecule has 1 aromatic heterocycles. The topological polar surface area (TPSA) is 66.4 Å². The standard InChI is InChI=1S/C19H20N4O2/c1-22-10-8-19(18(22)25)13-23(17(24)15-7-9-20-21-11-15)12-16(19)14-5-3-2-4-6-14/h2-7,9,11,16H,8,10,12-13H2,1H3/t16-,19+/m1/s1. The number of carbonyl (C=O) groups excluding carboxylic acids is 2. The molecule has 2 atom stereocenters. The largest absolute Gasteiger partial charge is 0.345 e. The van der Waals surface area contributed by atoms with Gasteiger partial charge in [-0.05, 0) is 18.1 Å². The quantitative estimate of drug-likeness (QED) is 0.835. The molecule has 2 aliphatic heterocycles. The van der Waals surface area contributed by atoms with E-state index in [9.17, 15) is 9.59 Å². The number of carbonyl (C=O) groups is 2. The van der Waals surface area contributed by atoms with Crippen LogP contribution in [0.15, 0.2) is 48.8 Å². The molecule has 2 saturated heterocycles. The number of likely N-dealkylation sites (tertiary alicyclic amines) is 2. The van der Waals surface area contributed by atoms with Gasteiger partial charge in [0.2, 0.25) is 5.91 Å². The van der Waals surface area contributed by atoms with Crippen molar-refractivity contribution >= 4 is 11.8 Å². The molecule has 2 aromatic rings. The average molecular weight is 336 g/mol. The van der Waals surface area contributed by atoms with Gasteiger partial charge in [0.05, 0.1) is 23.4 Å². The molecule has 6 heteroatoms. The van der Waals surface area contributed by atoms with Gasteiger partial charge in [-0.25, -0.2) is 0 Å². The van der Waals surface area contributed by atoms with E-state index >= 15 is 0 Å². The summed E-state index contributed by atoms with van der Waals surface area (Å²) in [6.45, 7) is 1.74. The molecular formula is C19H20N4O2. The van der Waals surface area contributed by atoms with E-state index in [1.807, 2.05) is 25.2 Å². The predicted molar refractivity (Wildman–Crippen MR) is 91.8 cm³/mol. The highest BCUT2D eigenvalue weighted by Crippen LogP contribution is 2.49. The monoisotopic (exact) mass is 336 g/mol. The van der Waals surface area contributed by atoms with Gasteiger partial charge in [0.1, 0.15) is 0 Å². The van der Waals surface area contributed by atoms with Gasteiger partial charge in [0.25, 0.3) is 5.91 Å². The van der Waals surface area contributed by atoms with Crippen molar-refractivity contribution in [2.45, 2.75) is 12.3 Å². The zero-order chi connectivity index (χ0) is 17.4. The molecule has 0 unspecified atom stereocenters. The number of hydrogen-bond donors (Lipinski definition) is 0. The second kappa shape index (κ2) is 5.95. The molecule has 0 radical (unpaired) electrons. The van der Waals surface area contributed by atoms with E-state index in [2.05, 4.69) is 22.3 Å². The minimum atomic E-state index is -0.522. The molecule has 0 N–H and O–H groups in total. The van der Waals surface area contributed by atoms with Gasteiger partial charge in [0, 0.05) is 32.6 Å². The van der Waals surface area contributed by atoms with Gasteiger partial charge in [0.15, 0.2) is 0 Å². The molecule has 25 heavy (non-hydrogen) atoms. The second-order valence-electron chi connectivity index (χ2n) is 6.91. The zero-order valence-corrected chi connectivity index (χ0v) is 14.1. The van der Waals surface area contributed by atoms with E-state index < -0.39 is 5.41 Å². The second-order valence-corrected chi connectivity index (χ2v) is 6.91. The summed E-state index contributed by atoms with van der Waals surface area (Å²) < 4.78 is 0. The molecule has 128 valence electrons. The smallest absolute Gasteiger partial charge is 0.255 e. The summed E-state index contributed by atoms with van der Waals surface area (Å²) >= 11 is 0. The Labute approximate surface area is 146 Å². The van der Waals surface area contributed by atoms with Gasteiger partial charge < -0.3 is 9.80 Å². The van der Waals surface area contributed by atoms with E-state index in [0.29, 0.717) is 18.7 Å². The van der Waals surface area contributed by atoms with Crippen molar-refractivity contribution in [3.63, 3.8) is 0 Å². The fourth-order valence-corrected chi connectivity index (χ4v) is 4.20. The van der Waals surface area contributed by atoms with E-state index in [1.165, 1.54) is 12.4 Å². The summed E-state index contributed by atoms with van der Waals surface area (Å²) in [4.78, 5) is 29.5. The maximum atomic E-state index is 13.0. The molecule has 1 spiro atoms. The van der Waals surface area contributed by atoms with Crippen LogP contribution >= 0.6 is 0 Å². The first-order valence-electron chi connectivity index (χ1n) is 8.48. The van der Waals surface area contributed by atoms with Crippen LogP contribution in [0.1, 0.15) is 28.3 Å². The Balaban J connectivity index is 1.70. The van der Waals surface area contributed by atoms with E-state index in [4.69, 9.17) is 0 Å². The Kier molecular flexibility index (Phi) is 3.75. The van der Waals surface area contributed by atoms with Crippen LogP contribution in [0.2, 0.25) is 0 Å². The third-order valence-electron chi connectivity index (χ3n) is 5.53. The lowest BCUT2D eigenvalue weighted by Crippen LogP contribution is -2.39. The Morgan fingerprint density at radius 1 is 1.20 bits per heavy atom. The van der Waals surface area contributed by atoms with Crippen molar-refractivity contribution < 1.29 is 9.59 Å². The van der Waals surface area contributed by atoms with Crippen LogP contribution in [0.25, 0.3) is 0 Å². The van der Waals surface area contributed by atoms with Crippen LogP contribution in [0.4, 0.5) is 0 Å². The van der Waals surface area contributed by atoms with Crippen molar-refractivity contribution in [1.82, 2.24) is 20.0 Å².